The average molecular weight is 434 g/mol. The molecule has 0 atom stereocenters. The van der Waals surface area contributed by atoms with Gasteiger partial charge < -0.3 is 10.1 Å². The second-order valence-corrected chi connectivity index (χ2v) is 8.64. The fourth-order valence-corrected chi connectivity index (χ4v) is 3.68. The number of esters is 1. The molecule has 0 saturated carbocycles. The van der Waals surface area contributed by atoms with Crippen molar-refractivity contribution < 1.29 is 14.3 Å². The van der Waals surface area contributed by atoms with E-state index in [0.29, 0.717) is 21.1 Å². The van der Waals surface area contributed by atoms with Crippen molar-refractivity contribution in [3.05, 3.63) is 50.7 Å². The van der Waals surface area contributed by atoms with E-state index in [-0.39, 0.29) is 23.6 Å². The first-order valence-electron chi connectivity index (χ1n) is 8.92. The van der Waals surface area contributed by atoms with Crippen LogP contribution in [0, 0.1) is 5.41 Å². The summed E-state index contributed by atoms with van der Waals surface area (Å²) >= 11 is 7.22. The number of carbonyl (C=O) groups is 2. The van der Waals surface area contributed by atoms with Gasteiger partial charge in [-0.15, -0.1) is 11.3 Å². The monoisotopic (exact) mass is 433 g/mol. The lowest BCUT2D eigenvalue weighted by atomic mass is 9.96. The van der Waals surface area contributed by atoms with Gasteiger partial charge in [0.25, 0.3) is 5.56 Å². The van der Waals surface area contributed by atoms with Crippen molar-refractivity contribution in [1.29, 1.82) is 0 Å². The fraction of sp³-hybridized carbons (Fsp3) is 0.300. The van der Waals surface area contributed by atoms with Crippen LogP contribution in [0.2, 0.25) is 5.02 Å². The molecule has 3 rings (SSSR count). The maximum atomic E-state index is 13.2. The van der Waals surface area contributed by atoms with Gasteiger partial charge in [-0.25, -0.2) is 4.79 Å². The Kier molecular flexibility index (Phi) is 5.77. The first kappa shape index (κ1) is 21.0. The Balaban J connectivity index is 2.28. The van der Waals surface area contributed by atoms with E-state index in [4.69, 9.17) is 16.3 Å². The van der Waals surface area contributed by atoms with Gasteiger partial charge in [-0.1, -0.05) is 38.4 Å². The third-order valence-electron chi connectivity index (χ3n) is 4.08. The summed E-state index contributed by atoms with van der Waals surface area (Å²) in [5.74, 6) is -0.899. The Morgan fingerprint density at radius 1 is 1.31 bits per heavy atom. The van der Waals surface area contributed by atoms with E-state index in [1.165, 1.54) is 0 Å². The molecule has 3 aromatic rings. The number of ether oxygens (including phenoxy) is 1. The summed E-state index contributed by atoms with van der Waals surface area (Å²) in [6, 6.07) is 6.56. The van der Waals surface area contributed by atoms with Gasteiger partial charge in [-0.2, -0.15) is 9.78 Å². The van der Waals surface area contributed by atoms with E-state index in [1.54, 1.807) is 57.3 Å². The number of benzene rings is 1. The molecule has 1 N–H and O–H groups in total. The number of halogens is 1. The Morgan fingerprint density at radius 3 is 2.66 bits per heavy atom. The highest BCUT2D eigenvalue weighted by Gasteiger charge is 2.26. The zero-order chi connectivity index (χ0) is 21.3. The van der Waals surface area contributed by atoms with Crippen molar-refractivity contribution in [2.75, 3.05) is 11.9 Å². The number of nitrogens with one attached hydrogen (secondary N) is 1. The quantitative estimate of drug-likeness (QED) is 0.621. The number of anilines is 1. The number of amides is 1. The molecule has 29 heavy (non-hydrogen) atoms. The summed E-state index contributed by atoms with van der Waals surface area (Å²) in [5, 5.41) is 9.96. The van der Waals surface area contributed by atoms with Gasteiger partial charge in [0.2, 0.25) is 5.91 Å². The van der Waals surface area contributed by atoms with Crippen LogP contribution in [-0.2, 0) is 9.53 Å². The van der Waals surface area contributed by atoms with Gasteiger partial charge >= 0.3 is 5.97 Å². The van der Waals surface area contributed by atoms with E-state index < -0.39 is 16.9 Å². The maximum absolute atomic E-state index is 13.2. The van der Waals surface area contributed by atoms with Crippen LogP contribution in [0.4, 0.5) is 5.00 Å². The van der Waals surface area contributed by atoms with Crippen LogP contribution in [0.5, 0.6) is 0 Å². The number of fused-ring (bicyclic) bond motifs is 1. The number of rotatable bonds is 4. The van der Waals surface area contributed by atoms with Crippen molar-refractivity contribution in [1.82, 2.24) is 9.78 Å². The molecule has 7 nitrogen and oxygen atoms in total. The smallest absolute Gasteiger partial charge is 0.359 e. The van der Waals surface area contributed by atoms with E-state index in [9.17, 15) is 14.4 Å². The van der Waals surface area contributed by atoms with Crippen molar-refractivity contribution in [2.45, 2.75) is 27.7 Å². The second kappa shape index (κ2) is 7.96. The topological polar surface area (TPSA) is 90.3 Å². The van der Waals surface area contributed by atoms with E-state index in [1.807, 2.05) is 0 Å². The Hall–Kier alpha value is -2.71. The van der Waals surface area contributed by atoms with Gasteiger partial charge in [0, 0.05) is 21.2 Å². The number of carbonyl (C=O) groups excluding carboxylic acids is 2. The Bertz CT molecular complexity index is 1160. The third-order valence-corrected chi connectivity index (χ3v) is 5.21. The molecule has 0 aliphatic carbocycles. The molecular formula is C20H20ClN3O4S. The molecule has 1 amide bonds. The first-order chi connectivity index (χ1) is 13.6. The zero-order valence-corrected chi connectivity index (χ0v) is 18.0. The molecule has 152 valence electrons. The molecule has 0 aliphatic rings. The molecule has 0 aliphatic heterocycles. The summed E-state index contributed by atoms with van der Waals surface area (Å²) in [7, 11) is 0. The van der Waals surface area contributed by atoms with Crippen molar-refractivity contribution in [2.24, 2.45) is 5.41 Å². The number of nitrogens with zero attached hydrogens (tertiary/aromatic N) is 2. The molecule has 0 bridgehead atoms. The minimum Gasteiger partial charge on any atom is -0.461 e. The van der Waals surface area contributed by atoms with Gasteiger partial charge in [-0.3, -0.25) is 9.59 Å². The van der Waals surface area contributed by atoms with E-state index in [2.05, 4.69) is 10.4 Å². The largest absolute Gasteiger partial charge is 0.461 e. The molecular weight excluding hydrogens is 414 g/mol. The molecule has 9 heteroatoms. The van der Waals surface area contributed by atoms with E-state index >= 15 is 0 Å². The third kappa shape index (κ3) is 4.18. The number of hydrogen-bond acceptors (Lipinski definition) is 6. The molecule has 1 aromatic carbocycles. The molecule has 0 spiro atoms. The number of hydrogen-bond donors (Lipinski definition) is 1. The Morgan fingerprint density at radius 2 is 2.03 bits per heavy atom. The predicted molar refractivity (Wildman–Crippen MR) is 114 cm³/mol. The van der Waals surface area contributed by atoms with Crippen LogP contribution in [-0.4, -0.2) is 28.3 Å². The molecule has 2 heterocycles. The number of thiophene rings is 1. The van der Waals surface area contributed by atoms with Gasteiger partial charge in [0.1, 0.15) is 5.00 Å². The molecule has 0 fully saturated rings. The lowest BCUT2D eigenvalue weighted by Gasteiger charge is -2.17. The van der Waals surface area contributed by atoms with Crippen LogP contribution in [0.1, 0.15) is 38.2 Å². The minimum absolute atomic E-state index is 0.00562. The summed E-state index contributed by atoms with van der Waals surface area (Å²) in [5.41, 5.74) is -0.733. The summed E-state index contributed by atoms with van der Waals surface area (Å²) < 4.78 is 6.21. The minimum atomic E-state index is -0.653. The highest BCUT2D eigenvalue weighted by molar-refractivity contribution is 7.16. The Labute approximate surface area is 176 Å². The molecule has 2 aromatic heterocycles. The van der Waals surface area contributed by atoms with Crippen LogP contribution < -0.4 is 10.9 Å². The number of aromatic nitrogens is 2. The maximum Gasteiger partial charge on any atom is 0.359 e. The summed E-state index contributed by atoms with van der Waals surface area (Å²) in [6.45, 7) is 7.16. The molecule has 0 saturated heterocycles. The summed E-state index contributed by atoms with van der Waals surface area (Å²) in [4.78, 5) is 38.2. The lowest BCUT2D eigenvalue weighted by molar-refractivity contribution is -0.123. The van der Waals surface area contributed by atoms with Crippen LogP contribution >= 0.6 is 22.9 Å². The lowest BCUT2D eigenvalue weighted by Crippen LogP contribution is -2.29. The average Bonchev–Trinajstić information content (AvgIpc) is 3.05. The van der Waals surface area contributed by atoms with Gasteiger partial charge in [0.05, 0.1) is 17.7 Å². The standard InChI is InChI=1S/C20H20ClN3O4S/c1-5-28-18(26)15-13-10-29-16(22-19(27)20(2,3)4)14(13)17(25)24(23-15)12-8-6-7-11(21)9-12/h6-10H,5H2,1-4H3,(H,22,27). The second-order valence-electron chi connectivity index (χ2n) is 7.32. The van der Waals surface area contributed by atoms with E-state index in [0.717, 1.165) is 16.0 Å². The molecule has 0 unspecified atom stereocenters. The highest BCUT2D eigenvalue weighted by atomic mass is 35.5. The zero-order valence-electron chi connectivity index (χ0n) is 16.4. The van der Waals surface area contributed by atoms with Gasteiger partial charge in [-0.05, 0) is 25.1 Å². The van der Waals surface area contributed by atoms with Gasteiger partial charge in [0.15, 0.2) is 5.69 Å². The van der Waals surface area contributed by atoms with Crippen molar-refractivity contribution in [3.63, 3.8) is 0 Å². The van der Waals surface area contributed by atoms with Crippen LogP contribution in [0.25, 0.3) is 16.5 Å². The highest BCUT2D eigenvalue weighted by Crippen LogP contribution is 2.32. The fourth-order valence-electron chi connectivity index (χ4n) is 2.57. The van der Waals surface area contributed by atoms with Crippen LogP contribution in [0.15, 0.2) is 34.4 Å². The molecule has 0 radical (unpaired) electrons. The first-order valence-corrected chi connectivity index (χ1v) is 10.2. The predicted octanol–water partition coefficient (Wildman–Crippen LogP) is 4.26. The normalized spacial score (nSPS) is 11.5. The SMILES string of the molecule is CCOC(=O)c1nn(-c2cccc(Cl)c2)c(=O)c2c(NC(=O)C(C)(C)C)scc12. The van der Waals surface area contributed by atoms with Crippen LogP contribution in [0.3, 0.4) is 0 Å². The van der Waals surface area contributed by atoms with Crippen molar-refractivity contribution >= 4 is 50.6 Å². The summed E-state index contributed by atoms with van der Waals surface area (Å²) in [6.07, 6.45) is 0. The van der Waals surface area contributed by atoms with Crippen molar-refractivity contribution in [3.8, 4) is 5.69 Å².